The average Bonchev–Trinajstić information content (AvgIpc) is 2.80. The van der Waals surface area contributed by atoms with Crippen molar-refractivity contribution in [2.75, 3.05) is 10.2 Å². The Hall–Kier alpha value is -2.95. The summed E-state index contributed by atoms with van der Waals surface area (Å²) in [5.74, 6) is -0.996. The van der Waals surface area contributed by atoms with E-state index in [1.165, 1.54) is 0 Å². The molecule has 0 aliphatic carbocycles. The minimum Gasteiger partial charge on any atom is -0.325 e. The molecule has 0 saturated carbocycles. The van der Waals surface area contributed by atoms with E-state index in [0.29, 0.717) is 23.4 Å². The average molecular weight is 294 g/mol. The maximum absolute atomic E-state index is 12.7. The van der Waals surface area contributed by atoms with Crippen molar-refractivity contribution in [1.82, 2.24) is 0 Å². The number of amides is 3. The molecule has 0 bridgehead atoms. The number of fused-ring (bicyclic) bond motifs is 1. The monoisotopic (exact) mass is 294 g/mol. The van der Waals surface area contributed by atoms with Gasteiger partial charge in [0.2, 0.25) is 5.91 Å². The topological polar surface area (TPSA) is 66.5 Å². The first-order valence-corrected chi connectivity index (χ1v) is 7.00. The van der Waals surface area contributed by atoms with Crippen LogP contribution in [0.4, 0.5) is 11.4 Å². The van der Waals surface area contributed by atoms with E-state index in [4.69, 9.17) is 0 Å². The van der Waals surface area contributed by atoms with Crippen LogP contribution in [0.15, 0.2) is 48.5 Å². The molecule has 2 aromatic carbocycles. The molecule has 0 aromatic heterocycles. The van der Waals surface area contributed by atoms with E-state index in [-0.39, 0.29) is 17.4 Å². The lowest BCUT2D eigenvalue weighted by molar-refractivity contribution is -0.115. The Labute approximate surface area is 127 Å². The van der Waals surface area contributed by atoms with Crippen LogP contribution in [0.25, 0.3) is 0 Å². The lowest BCUT2D eigenvalue weighted by Gasteiger charge is -2.13. The van der Waals surface area contributed by atoms with Crippen molar-refractivity contribution >= 4 is 29.1 Å². The van der Waals surface area contributed by atoms with E-state index in [1.54, 1.807) is 49.4 Å². The molecule has 0 saturated heterocycles. The lowest BCUT2D eigenvalue weighted by atomic mass is 10.1. The number of nitrogens with one attached hydrogen (secondary N) is 1. The number of para-hydroxylation sites is 1. The zero-order chi connectivity index (χ0) is 15.7. The van der Waals surface area contributed by atoms with Gasteiger partial charge in [0.15, 0.2) is 0 Å². The van der Waals surface area contributed by atoms with E-state index in [2.05, 4.69) is 5.32 Å². The van der Waals surface area contributed by atoms with Crippen LogP contribution in [0, 0.1) is 0 Å². The molecule has 3 rings (SSSR count). The molecule has 0 atom stereocenters. The van der Waals surface area contributed by atoms with Gasteiger partial charge in [0.05, 0.1) is 22.5 Å². The smallest absolute Gasteiger partial charge is 0.268 e. The highest BCUT2D eigenvalue weighted by Gasteiger charge is 2.38. The van der Waals surface area contributed by atoms with Gasteiger partial charge >= 0.3 is 0 Å². The first-order valence-electron chi connectivity index (χ1n) is 7.00. The third-order valence-electron chi connectivity index (χ3n) is 3.52. The number of hydrogen-bond acceptors (Lipinski definition) is 3. The molecule has 1 N–H and O–H groups in total. The van der Waals surface area contributed by atoms with Gasteiger partial charge in [-0.1, -0.05) is 31.2 Å². The highest BCUT2D eigenvalue weighted by molar-refractivity contribution is 6.36. The normalized spacial score (nSPS) is 13.2. The maximum Gasteiger partial charge on any atom is 0.268 e. The van der Waals surface area contributed by atoms with Crippen LogP contribution in [0.1, 0.15) is 34.1 Å². The first-order chi connectivity index (χ1) is 10.6. The van der Waals surface area contributed by atoms with E-state index in [0.717, 1.165) is 4.90 Å². The van der Waals surface area contributed by atoms with Gasteiger partial charge < -0.3 is 5.32 Å². The van der Waals surface area contributed by atoms with Crippen molar-refractivity contribution in [2.24, 2.45) is 0 Å². The maximum atomic E-state index is 12.7. The molecule has 0 spiro atoms. The SMILES string of the molecule is CCC(=O)Nc1cccc2c1C(=O)N(c1ccccc1)C2=O. The summed E-state index contributed by atoms with van der Waals surface area (Å²) in [4.78, 5) is 37.9. The zero-order valence-electron chi connectivity index (χ0n) is 12.0. The molecule has 1 aliphatic heterocycles. The number of carbonyl (C=O) groups is 3. The Morgan fingerprint density at radius 3 is 2.41 bits per heavy atom. The quantitative estimate of drug-likeness (QED) is 0.885. The van der Waals surface area contributed by atoms with Crippen molar-refractivity contribution in [2.45, 2.75) is 13.3 Å². The first kappa shape index (κ1) is 14.0. The van der Waals surface area contributed by atoms with E-state index in [9.17, 15) is 14.4 Å². The van der Waals surface area contributed by atoms with Gasteiger partial charge in [-0.3, -0.25) is 14.4 Å². The van der Waals surface area contributed by atoms with E-state index >= 15 is 0 Å². The molecule has 1 aliphatic rings. The number of imide groups is 1. The molecule has 0 radical (unpaired) electrons. The Kier molecular flexibility index (Phi) is 3.47. The number of hydrogen-bond donors (Lipinski definition) is 1. The minimum absolute atomic E-state index is 0.202. The van der Waals surface area contributed by atoms with E-state index in [1.807, 2.05) is 6.07 Å². The van der Waals surface area contributed by atoms with Crippen LogP contribution >= 0.6 is 0 Å². The number of rotatable bonds is 3. The van der Waals surface area contributed by atoms with Gasteiger partial charge in [-0.25, -0.2) is 4.90 Å². The second-order valence-electron chi connectivity index (χ2n) is 4.91. The van der Waals surface area contributed by atoms with Crippen molar-refractivity contribution in [1.29, 1.82) is 0 Å². The molecule has 0 fully saturated rings. The number of anilines is 2. The van der Waals surface area contributed by atoms with Crippen LogP contribution in [0.5, 0.6) is 0 Å². The summed E-state index contributed by atoms with van der Waals surface area (Å²) >= 11 is 0. The summed E-state index contributed by atoms with van der Waals surface area (Å²) < 4.78 is 0. The summed E-state index contributed by atoms with van der Waals surface area (Å²) in [6.45, 7) is 1.72. The zero-order valence-corrected chi connectivity index (χ0v) is 12.0. The minimum atomic E-state index is -0.418. The van der Waals surface area contributed by atoms with Crippen molar-refractivity contribution < 1.29 is 14.4 Å². The third kappa shape index (κ3) is 2.16. The highest BCUT2D eigenvalue weighted by Crippen LogP contribution is 2.32. The summed E-state index contributed by atoms with van der Waals surface area (Å²) in [6, 6.07) is 13.6. The predicted octanol–water partition coefficient (Wildman–Crippen LogP) is 2.84. The molecular weight excluding hydrogens is 280 g/mol. The van der Waals surface area contributed by atoms with Gasteiger partial charge in [-0.2, -0.15) is 0 Å². The molecule has 2 aromatic rings. The fourth-order valence-corrected chi connectivity index (χ4v) is 2.44. The number of carbonyl (C=O) groups excluding carboxylic acids is 3. The second-order valence-corrected chi connectivity index (χ2v) is 4.91. The molecule has 5 nitrogen and oxygen atoms in total. The molecule has 110 valence electrons. The molecule has 1 heterocycles. The van der Waals surface area contributed by atoms with Crippen molar-refractivity contribution in [3.8, 4) is 0 Å². The van der Waals surface area contributed by atoms with Crippen molar-refractivity contribution in [3.05, 3.63) is 59.7 Å². The third-order valence-corrected chi connectivity index (χ3v) is 3.52. The van der Waals surface area contributed by atoms with Crippen LogP contribution < -0.4 is 10.2 Å². The summed E-state index contributed by atoms with van der Waals surface area (Å²) in [6.07, 6.45) is 0.300. The fourth-order valence-electron chi connectivity index (χ4n) is 2.44. The molecule has 0 unspecified atom stereocenters. The van der Waals surface area contributed by atoms with Crippen LogP contribution in [0.3, 0.4) is 0 Å². The largest absolute Gasteiger partial charge is 0.325 e. The van der Waals surface area contributed by atoms with Gasteiger partial charge in [0.25, 0.3) is 11.8 Å². The molecule has 3 amide bonds. The lowest BCUT2D eigenvalue weighted by Crippen LogP contribution is -2.29. The Bertz CT molecular complexity index is 769. The number of benzene rings is 2. The Morgan fingerprint density at radius 2 is 1.73 bits per heavy atom. The van der Waals surface area contributed by atoms with Gasteiger partial charge in [-0.15, -0.1) is 0 Å². The predicted molar refractivity (Wildman–Crippen MR) is 82.9 cm³/mol. The van der Waals surface area contributed by atoms with Gasteiger partial charge in [-0.05, 0) is 24.3 Å². The van der Waals surface area contributed by atoms with Crippen molar-refractivity contribution in [3.63, 3.8) is 0 Å². The Balaban J connectivity index is 2.06. The molecule has 5 heteroatoms. The summed E-state index contributed by atoms with van der Waals surface area (Å²) in [7, 11) is 0. The standard InChI is InChI=1S/C17H14N2O3/c1-2-14(20)18-13-10-6-9-12-15(13)17(22)19(16(12)21)11-7-4-3-5-8-11/h3-10H,2H2,1H3,(H,18,20). The van der Waals surface area contributed by atoms with Crippen LogP contribution in [0.2, 0.25) is 0 Å². The summed E-state index contributed by atoms with van der Waals surface area (Å²) in [5, 5.41) is 2.68. The van der Waals surface area contributed by atoms with E-state index < -0.39 is 5.91 Å². The second kappa shape index (κ2) is 5.44. The molecular formula is C17H14N2O3. The Morgan fingerprint density at radius 1 is 1.00 bits per heavy atom. The molecule has 22 heavy (non-hydrogen) atoms. The number of nitrogens with zero attached hydrogens (tertiary/aromatic N) is 1. The summed E-state index contributed by atoms with van der Waals surface area (Å²) in [5.41, 5.74) is 1.45. The van der Waals surface area contributed by atoms with Crippen LogP contribution in [-0.2, 0) is 4.79 Å². The van der Waals surface area contributed by atoms with Gasteiger partial charge in [0.1, 0.15) is 0 Å². The fraction of sp³-hybridized carbons (Fsp3) is 0.118. The van der Waals surface area contributed by atoms with Gasteiger partial charge in [0, 0.05) is 6.42 Å². The highest BCUT2D eigenvalue weighted by atomic mass is 16.2. The van der Waals surface area contributed by atoms with Crippen LogP contribution in [-0.4, -0.2) is 17.7 Å².